The largest absolute Gasteiger partial charge is 0.379 e. The Bertz CT molecular complexity index is 200. The lowest BCUT2D eigenvalue weighted by atomic mass is 9.88. The van der Waals surface area contributed by atoms with Gasteiger partial charge < -0.3 is 19.9 Å². The Morgan fingerprint density at radius 3 is 3.00 bits per heavy atom. The maximum absolute atomic E-state index is 6.01. The molecule has 4 nitrogen and oxygen atoms in total. The van der Waals surface area contributed by atoms with Crippen molar-refractivity contribution in [1.29, 1.82) is 0 Å². The fourth-order valence-corrected chi connectivity index (χ4v) is 2.47. The van der Waals surface area contributed by atoms with Crippen molar-refractivity contribution >= 4 is 0 Å². The van der Waals surface area contributed by atoms with Gasteiger partial charge in [0.15, 0.2) is 0 Å². The van der Waals surface area contributed by atoms with Gasteiger partial charge in [-0.25, -0.2) is 0 Å². The molecule has 2 aliphatic heterocycles. The molecule has 3 atom stereocenters. The van der Waals surface area contributed by atoms with Crippen LogP contribution in [0.4, 0.5) is 0 Å². The first-order chi connectivity index (χ1) is 6.80. The summed E-state index contributed by atoms with van der Waals surface area (Å²) < 4.78 is 16.8. The molecule has 2 fully saturated rings. The number of hydrogen-bond donors (Lipinski definition) is 1. The van der Waals surface area contributed by atoms with Crippen LogP contribution in [-0.2, 0) is 14.2 Å². The van der Waals surface area contributed by atoms with Gasteiger partial charge in [-0.1, -0.05) is 0 Å². The fraction of sp³-hybridized carbons (Fsp3) is 1.00. The lowest BCUT2D eigenvalue weighted by molar-refractivity contribution is -0.183. The summed E-state index contributed by atoms with van der Waals surface area (Å²) in [5, 5.41) is 0. The third kappa shape index (κ3) is 1.67. The summed E-state index contributed by atoms with van der Waals surface area (Å²) in [4.78, 5) is 0. The molecule has 2 saturated heterocycles. The third-order valence-electron chi connectivity index (χ3n) is 3.36. The summed E-state index contributed by atoms with van der Waals surface area (Å²) in [6.45, 7) is 2.03. The van der Waals surface area contributed by atoms with Crippen LogP contribution in [0, 0.1) is 0 Å². The first kappa shape index (κ1) is 10.4. The fourth-order valence-electron chi connectivity index (χ4n) is 2.47. The number of nitrogens with two attached hydrogens (primary N) is 1. The molecule has 2 N–H and O–H groups in total. The van der Waals surface area contributed by atoms with Crippen LogP contribution in [0.1, 0.15) is 19.3 Å². The molecule has 0 aliphatic carbocycles. The molecule has 1 spiro atoms. The molecule has 0 aromatic rings. The van der Waals surface area contributed by atoms with Crippen molar-refractivity contribution in [2.24, 2.45) is 5.73 Å². The van der Waals surface area contributed by atoms with E-state index >= 15 is 0 Å². The normalized spacial score (nSPS) is 43.3. The van der Waals surface area contributed by atoms with Crippen LogP contribution in [0.2, 0.25) is 0 Å². The SMILES string of the molecule is COC1COCCC12CCC(CN)O2. The highest BCUT2D eigenvalue weighted by atomic mass is 16.6. The molecule has 2 heterocycles. The minimum Gasteiger partial charge on any atom is -0.379 e. The highest BCUT2D eigenvalue weighted by Crippen LogP contribution is 2.39. The predicted molar refractivity (Wildman–Crippen MR) is 52.1 cm³/mol. The van der Waals surface area contributed by atoms with Gasteiger partial charge in [0.05, 0.1) is 18.3 Å². The van der Waals surface area contributed by atoms with E-state index in [0.29, 0.717) is 13.2 Å². The van der Waals surface area contributed by atoms with Gasteiger partial charge in [-0.15, -0.1) is 0 Å². The number of hydrogen-bond acceptors (Lipinski definition) is 4. The Morgan fingerprint density at radius 1 is 1.50 bits per heavy atom. The van der Waals surface area contributed by atoms with Crippen molar-refractivity contribution in [1.82, 2.24) is 0 Å². The molecule has 14 heavy (non-hydrogen) atoms. The Kier molecular flexibility index (Phi) is 3.07. The second kappa shape index (κ2) is 4.14. The van der Waals surface area contributed by atoms with Crippen molar-refractivity contribution in [2.45, 2.75) is 37.1 Å². The molecule has 0 aromatic heterocycles. The summed E-state index contributed by atoms with van der Waals surface area (Å²) in [6, 6.07) is 0. The molecule has 82 valence electrons. The first-order valence-electron chi connectivity index (χ1n) is 5.29. The van der Waals surface area contributed by atoms with Crippen molar-refractivity contribution in [3.63, 3.8) is 0 Å². The molecule has 0 saturated carbocycles. The van der Waals surface area contributed by atoms with Gasteiger partial charge in [0, 0.05) is 26.7 Å². The smallest absolute Gasteiger partial charge is 0.109 e. The summed E-state index contributed by atoms with van der Waals surface area (Å²) in [5.41, 5.74) is 5.50. The van der Waals surface area contributed by atoms with Crippen LogP contribution in [0.5, 0.6) is 0 Å². The molecule has 0 aromatic carbocycles. The van der Waals surface area contributed by atoms with Gasteiger partial charge >= 0.3 is 0 Å². The Morgan fingerprint density at radius 2 is 2.36 bits per heavy atom. The van der Waals surface area contributed by atoms with E-state index in [9.17, 15) is 0 Å². The van der Waals surface area contributed by atoms with Crippen LogP contribution in [0.15, 0.2) is 0 Å². The Labute approximate surface area is 84.7 Å². The minimum atomic E-state index is -0.114. The monoisotopic (exact) mass is 201 g/mol. The van der Waals surface area contributed by atoms with Gasteiger partial charge in [0.1, 0.15) is 6.10 Å². The lowest BCUT2D eigenvalue weighted by Gasteiger charge is -2.39. The summed E-state index contributed by atoms with van der Waals surface area (Å²) >= 11 is 0. The summed E-state index contributed by atoms with van der Waals surface area (Å²) in [5.74, 6) is 0. The summed E-state index contributed by atoms with van der Waals surface area (Å²) in [6.07, 6.45) is 3.33. The molecule has 0 amide bonds. The van der Waals surface area contributed by atoms with Gasteiger partial charge in [0.25, 0.3) is 0 Å². The van der Waals surface area contributed by atoms with E-state index in [4.69, 9.17) is 19.9 Å². The van der Waals surface area contributed by atoms with Crippen molar-refractivity contribution in [2.75, 3.05) is 26.9 Å². The molecular formula is C10H19NO3. The zero-order valence-corrected chi connectivity index (χ0v) is 8.70. The number of methoxy groups -OCH3 is 1. The second-order valence-electron chi connectivity index (χ2n) is 4.13. The summed E-state index contributed by atoms with van der Waals surface area (Å²) in [7, 11) is 1.72. The molecule has 2 rings (SSSR count). The van der Waals surface area contributed by atoms with Gasteiger partial charge in [0.2, 0.25) is 0 Å². The van der Waals surface area contributed by atoms with E-state index in [-0.39, 0.29) is 17.8 Å². The average Bonchev–Trinajstić information content (AvgIpc) is 2.63. The predicted octanol–water partition coefficient (Wildman–Crippen LogP) is 0.298. The van der Waals surface area contributed by atoms with Crippen LogP contribution >= 0.6 is 0 Å². The molecule has 0 radical (unpaired) electrons. The third-order valence-corrected chi connectivity index (χ3v) is 3.36. The Balaban J connectivity index is 2.05. The quantitative estimate of drug-likeness (QED) is 0.698. The van der Waals surface area contributed by atoms with E-state index in [0.717, 1.165) is 25.9 Å². The highest BCUT2D eigenvalue weighted by Gasteiger charge is 2.48. The maximum atomic E-state index is 6.01. The van der Waals surface area contributed by atoms with E-state index in [1.54, 1.807) is 7.11 Å². The average molecular weight is 201 g/mol. The van der Waals surface area contributed by atoms with Crippen LogP contribution in [0.3, 0.4) is 0 Å². The molecule has 4 heteroatoms. The zero-order chi connectivity index (χ0) is 10.0. The molecule has 2 aliphatic rings. The molecular weight excluding hydrogens is 182 g/mol. The lowest BCUT2D eigenvalue weighted by Crippen LogP contribution is -2.50. The van der Waals surface area contributed by atoms with Crippen LogP contribution in [0.25, 0.3) is 0 Å². The van der Waals surface area contributed by atoms with Crippen molar-refractivity contribution in [3.8, 4) is 0 Å². The topological polar surface area (TPSA) is 53.7 Å². The minimum absolute atomic E-state index is 0.0767. The first-order valence-corrected chi connectivity index (χ1v) is 5.29. The van der Waals surface area contributed by atoms with E-state index in [2.05, 4.69) is 0 Å². The maximum Gasteiger partial charge on any atom is 0.109 e. The van der Waals surface area contributed by atoms with E-state index < -0.39 is 0 Å². The number of ether oxygens (including phenoxy) is 3. The zero-order valence-electron chi connectivity index (χ0n) is 8.70. The van der Waals surface area contributed by atoms with Gasteiger partial charge in [-0.05, 0) is 12.8 Å². The van der Waals surface area contributed by atoms with Crippen LogP contribution < -0.4 is 5.73 Å². The van der Waals surface area contributed by atoms with E-state index in [1.165, 1.54) is 0 Å². The van der Waals surface area contributed by atoms with Crippen molar-refractivity contribution < 1.29 is 14.2 Å². The highest BCUT2D eigenvalue weighted by molar-refractivity contribution is 4.97. The Hall–Kier alpha value is -0.160. The van der Waals surface area contributed by atoms with Crippen molar-refractivity contribution in [3.05, 3.63) is 0 Å². The standard InChI is InChI=1S/C10H19NO3/c1-12-9-7-13-5-4-10(9)3-2-8(6-11)14-10/h8-9H,2-7,11H2,1H3. The van der Waals surface area contributed by atoms with Gasteiger partial charge in [-0.2, -0.15) is 0 Å². The van der Waals surface area contributed by atoms with Gasteiger partial charge in [-0.3, -0.25) is 0 Å². The van der Waals surface area contributed by atoms with E-state index in [1.807, 2.05) is 0 Å². The van der Waals surface area contributed by atoms with Crippen LogP contribution in [-0.4, -0.2) is 44.7 Å². The second-order valence-corrected chi connectivity index (χ2v) is 4.13. The number of rotatable bonds is 2. The molecule has 0 bridgehead atoms. The molecule has 3 unspecified atom stereocenters.